The van der Waals surface area contributed by atoms with E-state index in [0.717, 1.165) is 0 Å². The van der Waals surface area contributed by atoms with Crippen molar-refractivity contribution < 1.29 is 9.68 Å². The van der Waals surface area contributed by atoms with Gasteiger partial charge in [0.1, 0.15) is 0 Å². The quantitative estimate of drug-likeness (QED) is 0.422. The van der Waals surface area contributed by atoms with Crippen LogP contribution in [0.15, 0.2) is 0 Å². The largest absolute Gasteiger partial charge is 0.365 e. The zero-order valence-corrected chi connectivity index (χ0v) is 5.57. The monoisotopic (exact) mass is 132 g/mol. The van der Waals surface area contributed by atoms with Crippen LogP contribution in [0.5, 0.6) is 0 Å². The van der Waals surface area contributed by atoms with Gasteiger partial charge in [-0.15, -0.1) is 0 Å². The average Bonchev–Trinajstić information content (AvgIpc) is 1.88. The topological polar surface area (TPSA) is 49.9 Å². The maximum Gasteiger partial charge on any atom is 0.365 e. The minimum atomic E-state index is 0.407. The molecule has 0 bridgehead atoms. The van der Waals surface area contributed by atoms with E-state index in [4.69, 9.17) is 5.39 Å². The zero-order valence-electron chi connectivity index (χ0n) is 5.57. The van der Waals surface area contributed by atoms with Crippen LogP contribution in [0.2, 0.25) is 0 Å². The first-order chi connectivity index (χ1) is 4.35. The van der Waals surface area contributed by atoms with Gasteiger partial charge >= 0.3 is 5.08 Å². The number of hydrogen-bond acceptors (Lipinski definition) is 4. The molecule has 0 spiro atoms. The van der Waals surface area contributed by atoms with Crippen molar-refractivity contribution in [3.05, 3.63) is 5.08 Å². The van der Waals surface area contributed by atoms with Gasteiger partial charge in [-0.05, 0) is 13.8 Å². The van der Waals surface area contributed by atoms with Crippen LogP contribution in [0, 0.1) is 5.39 Å². The third kappa shape index (κ3) is 3.70. The number of rotatable bonds is 4. The molecule has 52 valence electrons. The van der Waals surface area contributed by atoms with Gasteiger partial charge in [-0.3, -0.25) is 0 Å². The molecule has 0 saturated heterocycles. The van der Waals surface area contributed by atoms with Gasteiger partial charge in [0.25, 0.3) is 10.7 Å². The summed E-state index contributed by atoms with van der Waals surface area (Å²) >= 11 is 0. The summed E-state index contributed by atoms with van der Waals surface area (Å²) in [5, 5.41) is 11.4. The number of hydrogen-bond donors (Lipinski definition) is 0. The van der Waals surface area contributed by atoms with E-state index in [0.29, 0.717) is 18.5 Å². The zero-order chi connectivity index (χ0) is 7.11. The van der Waals surface area contributed by atoms with Crippen LogP contribution >= 0.6 is 0 Å². The molecule has 9 heavy (non-hydrogen) atoms. The Labute approximate surface area is 53.7 Å². The summed E-state index contributed by atoms with van der Waals surface area (Å²) in [6.07, 6.45) is 0. The molecule has 0 amide bonds. The van der Waals surface area contributed by atoms with Gasteiger partial charge in [0.2, 0.25) is 0 Å². The van der Waals surface area contributed by atoms with Crippen LogP contribution in [0.3, 0.4) is 0 Å². The minimum absolute atomic E-state index is 0.407. The summed E-state index contributed by atoms with van der Waals surface area (Å²) in [5.41, 5.74) is 0. The molecule has 0 aromatic carbocycles. The second-order valence-electron chi connectivity index (χ2n) is 1.16. The van der Waals surface area contributed by atoms with Gasteiger partial charge < -0.3 is 0 Å². The van der Waals surface area contributed by atoms with Crippen molar-refractivity contribution in [2.45, 2.75) is 13.8 Å². The third-order valence-electron chi connectivity index (χ3n) is 0.552. The molecule has 0 unspecified atom stereocenters. The Morgan fingerprint density at radius 3 is 2.00 bits per heavy atom. The van der Waals surface area contributed by atoms with Crippen LogP contribution in [-0.4, -0.2) is 18.5 Å². The predicted octanol–water partition coefficient (Wildman–Crippen LogP) is 0.959. The minimum Gasteiger partial charge on any atom is -0.184 e. The van der Waals surface area contributed by atoms with Gasteiger partial charge in [0.15, 0.2) is 0 Å². The highest BCUT2D eigenvalue weighted by Gasteiger charge is 2.12. The van der Waals surface area contributed by atoms with E-state index >= 15 is 0 Å². The van der Waals surface area contributed by atoms with Gasteiger partial charge in [0.05, 0.1) is 13.2 Å². The molecule has 0 heterocycles. The van der Waals surface area contributed by atoms with E-state index in [2.05, 4.69) is 14.8 Å². The van der Waals surface area contributed by atoms with E-state index < -0.39 is 0 Å². The molecule has 5 heteroatoms. The predicted molar refractivity (Wildman–Crippen MR) is 30.2 cm³/mol. The van der Waals surface area contributed by atoms with E-state index in [1.54, 1.807) is 13.8 Å². The van der Waals surface area contributed by atoms with E-state index in [1.165, 1.54) is 0 Å². The summed E-state index contributed by atoms with van der Waals surface area (Å²) < 4.78 is 0. The van der Waals surface area contributed by atoms with Crippen molar-refractivity contribution in [1.29, 1.82) is 5.39 Å². The van der Waals surface area contributed by atoms with Crippen LogP contribution in [0.4, 0.5) is 0 Å². The summed E-state index contributed by atoms with van der Waals surface area (Å²) in [6, 6.07) is 0. The maximum absolute atomic E-state index is 8.09. The lowest BCUT2D eigenvalue weighted by molar-refractivity contribution is -0.336. The lowest BCUT2D eigenvalue weighted by atomic mass is 10.9. The molecule has 0 aromatic heterocycles. The van der Waals surface area contributed by atoms with Crippen molar-refractivity contribution in [3.63, 3.8) is 0 Å². The van der Waals surface area contributed by atoms with Crippen LogP contribution < -0.4 is 0 Å². The summed E-state index contributed by atoms with van der Waals surface area (Å²) in [4.78, 5) is 9.25. The Morgan fingerprint density at radius 1 is 1.33 bits per heavy atom. The number of diazo groups is 1. The first-order valence-electron chi connectivity index (χ1n) is 2.76. The van der Waals surface area contributed by atoms with Gasteiger partial charge in [-0.1, -0.05) is 0 Å². The molecule has 0 aliphatic rings. The Bertz CT molecular complexity index is 94.5. The molecule has 0 aliphatic heterocycles. The molecule has 0 atom stereocenters. The van der Waals surface area contributed by atoms with Crippen molar-refractivity contribution in [3.8, 4) is 0 Å². The van der Waals surface area contributed by atoms with Crippen molar-refractivity contribution >= 4 is 0 Å². The lowest BCUT2D eigenvalue weighted by Gasteiger charge is -1.96. The molecule has 0 N–H and O–H groups in total. The maximum atomic E-state index is 8.09. The summed E-state index contributed by atoms with van der Waals surface area (Å²) in [7, 11) is 0. The van der Waals surface area contributed by atoms with Gasteiger partial charge in [-0.2, -0.15) is 9.68 Å². The van der Waals surface area contributed by atoms with Crippen molar-refractivity contribution in [2.24, 2.45) is 0 Å². The van der Waals surface area contributed by atoms with Crippen molar-refractivity contribution in [2.75, 3.05) is 13.2 Å². The standard InChI is InChI=1S/C4H10N3O2/c1-3-8-7(6-5)9-4-2/h3-4H2,1-2H3/q+1. The second-order valence-corrected chi connectivity index (χ2v) is 1.16. The first-order valence-corrected chi connectivity index (χ1v) is 2.76. The SMILES string of the molecule is CCON([N+]#N)OCC. The third-order valence-corrected chi connectivity index (χ3v) is 0.552. The molecule has 0 fully saturated rings. The average molecular weight is 132 g/mol. The fourth-order valence-electron chi connectivity index (χ4n) is 0.310. The smallest absolute Gasteiger partial charge is 0.184 e. The molecule has 0 aliphatic carbocycles. The Balaban J connectivity index is 3.32. The summed E-state index contributed by atoms with van der Waals surface area (Å²) in [6.45, 7) is 4.34. The van der Waals surface area contributed by atoms with Gasteiger partial charge in [0, 0.05) is 0 Å². The molecular formula is C4H10N3O2+. The number of nitrogens with zero attached hydrogens (tertiary/aromatic N) is 3. The fraction of sp³-hybridized carbons (Fsp3) is 1.00. The molecule has 0 aromatic rings. The normalized spacial score (nSPS) is 8.56. The van der Waals surface area contributed by atoms with Crippen LogP contribution in [0.25, 0.3) is 5.08 Å². The molecule has 5 nitrogen and oxygen atoms in total. The van der Waals surface area contributed by atoms with Gasteiger partial charge in [-0.25, -0.2) is 0 Å². The Kier molecular flexibility index (Phi) is 4.78. The highest BCUT2D eigenvalue weighted by Crippen LogP contribution is 1.90. The molecule has 0 saturated carbocycles. The second kappa shape index (κ2) is 5.28. The molecular weight excluding hydrogens is 122 g/mol. The lowest BCUT2D eigenvalue weighted by Crippen LogP contribution is -2.15. The summed E-state index contributed by atoms with van der Waals surface area (Å²) in [5.74, 6) is 0. The van der Waals surface area contributed by atoms with E-state index in [9.17, 15) is 0 Å². The first kappa shape index (κ1) is 8.14. The van der Waals surface area contributed by atoms with E-state index in [1.807, 2.05) is 0 Å². The highest BCUT2D eigenvalue weighted by molar-refractivity contribution is 4.22. The highest BCUT2D eigenvalue weighted by atomic mass is 17.0. The fourth-order valence-corrected chi connectivity index (χ4v) is 0.310. The van der Waals surface area contributed by atoms with Crippen molar-refractivity contribution in [1.82, 2.24) is 5.34 Å². The Hall–Kier alpha value is -0.860. The van der Waals surface area contributed by atoms with E-state index in [-0.39, 0.29) is 0 Å². The molecule has 0 rings (SSSR count). The van der Waals surface area contributed by atoms with Crippen LogP contribution in [0.1, 0.15) is 13.8 Å². The molecule has 0 radical (unpaired) electrons. The van der Waals surface area contributed by atoms with Crippen LogP contribution in [-0.2, 0) is 9.68 Å². The Morgan fingerprint density at radius 2 is 1.78 bits per heavy atom.